The van der Waals surface area contributed by atoms with E-state index in [1.807, 2.05) is 0 Å². The molecule has 0 aliphatic rings. The smallest absolute Gasteiger partial charge is 0.744 e. The van der Waals surface area contributed by atoms with Crippen molar-refractivity contribution in [3.05, 3.63) is 27.3 Å². The second-order valence-electron chi connectivity index (χ2n) is 2.38. The first-order valence-electron chi connectivity index (χ1n) is 3.29. The fourth-order valence-corrected chi connectivity index (χ4v) is 2.27. The van der Waals surface area contributed by atoms with E-state index < -0.39 is 26.5 Å². The second kappa shape index (κ2) is 8.71. The van der Waals surface area contributed by atoms with Gasteiger partial charge in [0.2, 0.25) is 0 Å². The molecule has 0 saturated carbocycles. The van der Waals surface area contributed by atoms with Crippen LogP contribution in [0.15, 0.2) is 23.1 Å². The predicted molar refractivity (Wildman–Crippen MR) is 51.5 cm³/mol. The van der Waals surface area contributed by atoms with E-state index in [2.05, 4.69) is 0 Å². The summed E-state index contributed by atoms with van der Waals surface area (Å²) < 4.78 is 32.4. The Kier molecular flexibility index (Phi) is 11.4. The van der Waals surface area contributed by atoms with Crippen molar-refractivity contribution in [2.75, 3.05) is 0 Å². The first-order chi connectivity index (χ1) is 6.32. The molecule has 16 heavy (non-hydrogen) atoms. The van der Waals surface area contributed by atoms with Crippen LogP contribution in [0.3, 0.4) is 0 Å². The molecule has 0 saturated heterocycles. The van der Waals surface area contributed by atoms with E-state index in [0.29, 0.717) is 3.57 Å². The van der Waals surface area contributed by atoms with Gasteiger partial charge in [0, 0.05) is 9.13 Å². The Balaban J connectivity index is 0. The molecule has 5 nitrogen and oxygen atoms in total. The molecule has 0 N–H and O–H groups in total. The van der Waals surface area contributed by atoms with Crippen molar-refractivity contribution in [3.8, 4) is 0 Å². The van der Waals surface area contributed by atoms with Crippen LogP contribution < -0.4 is 108 Å². The quantitative estimate of drug-likeness (QED) is 0.278. The molecule has 0 aliphatic carbocycles. The van der Waals surface area contributed by atoms with Crippen molar-refractivity contribution in [2.24, 2.45) is 0 Å². The summed E-state index contributed by atoms with van der Waals surface area (Å²) >= 11 is 1.77. The third kappa shape index (κ3) is 6.17. The number of halogens is 1. The molecule has 0 radical (unpaired) electrons. The van der Waals surface area contributed by atoms with Gasteiger partial charge in [-0.25, -0.2) is 8.42 Å². The van der Waals surface area contributed by atoms with Gasteiger partial charge in [-0.15, -0.1) is 0 Å². The zero-order chi connectivity index (χ0) is 10.9. The molecule has 0 fully saturated rings. The van der Waals surface area contributed by atoms with Crippen molar-refractivity contribution in [3.63, 3.8) is 0 Å². The fraction of sp³-hybridized carbons (Fsp3) is 0. The zero-order valence-electron chi connectivity index (χ0n) is 8.56. The van der Waals surface area contributed by atoms with Crippen LogP contribution in [0.1, 0.15) is 10.4 Å². The summed E-state index contributed by atoms with van der Waals surface area (Å²) in [5.41, 5.74) is -0.611. The van der Waals surface area contributed by atoms with Crippen LogP contribution in [0.2, 0.25) is 0 Å². The molecule has 76 valence electrons. The third-order valence-electron chi connectivity index (χ3n) is 1.43. The van der Waals surface area contributed by atoms with Gasteiger partial charge in [-0.1, -0.05) is 6.07 Å². The van der Waals surface area contributed by atoms with Gasteiger partial charge in [0.15, 0.2) is 0 Å². The zero-order valence-corrected chi connectivity index (χ0v) is 17.8. The molecule has 0 atom stereocenters. The molecule has 0 unspecified atom stereocenters. The van der Waals surface area contributed by atoms with Crippen molar-refractivity contribution in [1.29, 1.82) is 0 Å². The van der Waals surface area contributed by atoms with Crippen molar-refractivity contribution in [2.45, 2.75) is 4.90 Å². The van der Waals surface area contributed by atoms with Crippen LogP contribution in [0.5, 0.6) is 0 Å². The minimum Gasteiger partial charge on any atom is -0.744 e. The Morgan fingerprint density at radius 2 is 1.75 bits per heavy atom. The fourth-order valence-electron chi connectivity index (χ4n) is 0.872. The number of hydrogen-bond donors (Lipinski definition) is 0. The Labute approximate surface area is 191 Å². The van der Waals surface area contributed by atoms with E-state index in [0.717, 1.165) is 12.1 Å². The van der Waals surface area contributed by atoms with E-state index in [1.54, 1.807) is 22.6 Å². The van der Waals surface area contributed by atoms with E-state index in [-0.39, 0.29) is 103 Å². The number of hydrogen-bond acceptors (Lipinski definition) is 5. The molecule has 1 aromatic carbocycles. The monoisotopic (exact) mass is 404 g/mol. The number of carboxylic acids is 1. The van der Waals surface area contributed by atoms with Gasteiger partial charge >= 0.3 is 103 Å². The first kappa shape index (κ1) is 20.9. The summed E-state index contributed by atoms with van der Waals surface area (Å²) in [5.74, 6) is -1.68. The first-order valence-corrected chi connectivity index (χ1v) is 5.78. The standard InChI is InChI=1S/C7H5IO5S.2K/c8-4-1-2-5(7(9)10)6(3-4)14(11,12)13;;/h1-3H,(H,9,10)(H,11,12,13);;/q;2*+1/p-2. The van der Waals surface area contributed by atoms with Crippen LogP contribution in [-0.2, 0) is 10.1 Å². The summed E-state index contributed by atoms with van der Waals surface area (Å²) in [5, 5.41) is 10.5. The predicted octanol–water partition coefficient (Wildman–Crippen LogP) is -6.43. The Morgan fingerprint density at radius 3 is 2.12 bits per heavy atom. The summed E-state index contributed by atoms with van der Waals surface area (Å²) in [6.45, 7) is 0. The Hall–Kier alpha value is 2.60. The Morgan fingerprint density at radius 1 is 1.25 bits per heavy atom. The SMILES string of the molecule is O=C([O-])c1ccc(I)cc1S(=O)(=O)[O-].[K+].[K+]. The van der Waals surface area contributed by atoms with E-state index in [9.17, 15) is 22.9 Å². The number of benzene rings is 1. The number of carbonyl (C=O) groups is 1. The van der Waals surface area contributed by atoms with Gasteiger partial charge in [-0.2, -0.15) is 0 Å². The van der Waals surface area contributed by atoms with Crippen molar-refractivity contribution >= 4 is 38.7 Å². The van der Waals surface area contributed by atoms with Gasteiger partial charge in [0.1, 0.15) is 10.1 Å². The van der Waals surface area contributed by atoms with Crippen LogP contribution in [0, 0.1) is 3.57 Å². The Bertz CT molecular complexity index is 488. The van der Waals surface area contributed by atoms with Gasteiger partial charge in [0.05, 0.1) is 10.9 Å². The maximum atomic E-state index is 10.7. The van der Waals surface area contributed by atoms with Crippen molar-refractivity contribution < 1.29 is 126 Å². The molecule has 0 amide bonds. The maximum Gasteiger partial charge on any atom is 1.00 e. The minimum absolute atomic E-state index is 0. The summed E-state index contributed by atoms with van der Waals surface area (Å²) in [4.78, 5) is 9.70. The third-order valence-corrected chi connectivity index (χ3v) is 2.98. The van der Waals surface area contributed by atoms with Crippen LogP contribution in [0.4, 0.5) is 0 Å². The summed E-state index contributed by atoms with van der Waals surface area (Å²) in [7, 11) is -4.78. The average Bonchev–Trinajstić information content (AvgIpc) is 2.01. The normalized spacial score (nSPS) is 9.88. The molecule has 0 heterocycles. The van der Waals surface area contributed by atoms with Gasteiger partial charge < -0.3 is 14.5 Å². The number of aromatic carboxylic acids is 1. The molecule has 9 heteroatoms. The van der Waals surface area contributed by atoms with Crippen molar-refractivity contribution in [1.82, 2.24) is 0 Å². The van der Waals surface area contributed by atoms with Gasteiger partial charge in [-0.05, 0) is 34.7 Å². The van der Waals surface area contributed by atoms with Crippen LogP contribution in [-0.4, -0.2) is 18.9 Å². The number of rotatable bonds is 2. The number of carbonyl (C=O) groups excluding carboxylic acids is 1. The molecule has 0 aliphatic heterocycles. The maximum absolute atomic E-state index is 10.7. The molecular weight excluding hydrogens is 401 g/mol. The topological polar surface area (TPSA) is 97.3 Å². The van der Waals surface area contributed by atoms with Crippen LogP contribution in [0.25, 0.3) is 0 Å². The molecular formula is C7H3IK2O5S. The number of carboxylic acid groups (broad SMARTS) is 1. The summed E-state index contributed by atoms with van der Waals surface area (Å²) in [6, 6.07) is 3.40. The van der Waals surface area contributed by atoms with Gasteiger partial charge in [-0.3, -0.25) is 0 Å². The second-order valence-corrected chi connectivity index (χ2v) is 4.98. The average molecular weight is 404 g/mol. The summed E-state index contributed by atoms with van der Waals surface area (Å²) in [6.07, 6.45) is 0. The molecule has 1 aromatic rings. The molecule has 0 bridgehead atoms. The van der Waals surface area contributed by atoms with E-state index >= 15 is 0 Å². The molecule has 1 rings (SSSR count). The van der Waals surface area contributed by atoms with E-state index in [4.69, 9.17) is 0 Å². The largest absolute Gasteiger partial charge is 1.00 e. The van der Waals surface area contributed by atoms with Crippen LogP contribution >= 0.6 is 22.6 Å². The minimum atomic E-state index is -4.78. The van der Waals surface area contributed by atoms with E-state index in [1.165, 1.54) is 6.07 Å². The molecule has 0 spiro atoms. The molecule has 0 aromatic heterocycles. The van der Waals surface area contributed by atoms with Gasteiger partial charge in [0.25, 0.3) is 0 Å².